The second-order valence-corrected chi connectivity index (χ2v) is 4.46. The van der Waals surface area contributed by atoms with Gasteiger partial charge in [0.15, 0.2) is 5.65 Å². The number of ether oxygens (including phenoxy) is 1. The molecule has 0 aromatic carbocycles. The predicted octanol–water partition coefficient (Wildman–Crippen LogP) is 0.370. The van der Waals surface area contributed by atoms with Gasteiger partial charge in [0.2, 0.25) is 0 Å². The van der Waals surface area contributed by atoms with Gasteiger partial charge < -0.3 is 10.5 Å². The van der Waals surface area contributed by atoms with E-state index in [-0.39, 0.29) is 0 Å². The third-order valence-electron chi connectivity index (χ3n) is 3.26. The van der Waals surface area contributed by atoms with Crippen LogP contribution in [0, 0.1) is 0 Å². The molecule has 1 aliphatic heterocycles. The van der Waals surface area contributed by atoms with Gasteiger partial charge in [0.05, 0.1) is 30.8 Å². The first kappa shape index (κ1) is 10.4. The third-order valence-corrected chi connectivity index (χ3v) is 3.26. The van der Waals surface area contributed by atoms with Crippen molar-refractivity contribution in [2.45, 2.75) is 6.04 Å². The van der Waals surface area contributed by atoms with Gasteiger partial charge in [-0.05, 0) is 0 Å². The lowest BCUT2D eigenvalue weighted by molar-refractivity contribution is -0.0286. The first-order valence-corrected chi connectivity index (χ1v) is 5.90. The van der Waals surface area contributed by atoms with Crippen LogP contribution >= 0.6 is 0 Å². The van der Waals surface area contributed by atoms with Gasteiger partial charge in [-0.25, -0.2) is 9.97 Å². The molecule has 0 aliphatic carbocycles. The fraction of sp³-hybridized carbons (Fsp3) is 0.273. The largest absolute Gasteiger partial charge is 0.383 e. The van der Waals surface area contributed by atoms with Crippen molar-refractivity contribution >= 4 is 16.9 Å². The van der Waals surface area contributed by atoms with Crippen molar-refractivity contribution in [1.82, 2.24) is 29.9 Å². The number of nitrogens with zero attached hydrogens (tertiary/aromatic N) is 5. The Bertz CT molecular complexity index is 742. The topological polar surface area (TPSA) is 108 Å². The number of nitrogen functional groups attached to an aromatic ring is 1. The minimum atomic E-state index is 0.313. The van der Waals surface area contributed by atoms with Crippen molar-refractivity contribution in [3.63, 3.8) is 0 Å². The average molecular weight is 257 g/mol. The number of H-pyrrole nitrogens is 1. The summed E-state index contributed by atoms with van der Waals surface area (Å²) in [5, 5.41) is 12.2. The van der Waals surface area contributed by atoms with E-state index in [9.17, 15) is 0 Å². The summed E-state index contributed by atoms with van der Waals surface area (Å²) in [6.07, 6.45) is 5.12. The van der Waals surface area contributed by atoms with E-state index < -0.39 is 0 Å². The molecule has 4 heterocycles. The van der Waals surface area contributed by atoms with E-state index in [1.54, 1.807) is 6.20 Å². The zero-order valence-corrected chi connectivity index (χ0v) is 9.95. The van der Waals surface area contributed by atoms with E-state index >= 15 is 0 Å². The number of fused-ring (bicyclic) bond motifs is 1. The van der Waals surface area contributed by atoms with E-state index in [0.29, 0.717) is 30.7 Å². The summed E-state index contributed by atoms with van der Waals surface area (Å²) in [5.74, 6) is 0.411. The molecule has 3 aromatic rings. The smallest absolute Gasteiger partial charge is 0.161 e. The van der Waals surface area contributed by atoms with Crippen molar-refractivity contribution in [1.29, 1.82) is 0 Å². The molecule has 19 heavy (non-hydrogen) atoms. The Morgan fingerprint density at radius 2 is 2.26 bits per heavy atom. The van der Waals surface area contributed by atoms with Gasteiger partial charge in [-0.1, -0.05) is 0 Å². The Kier molecular flexibility index (Phi) is 2.06. The zero-order chi connectivity index (χ0) is 12.8. The monoisotopic (exact) mass is 257 g/mol. The maximum Gasteiger partial charge on any atom is 0.161 e. The highest BCUT2D eigenvalue weighted by Crippen LogP contribution is 2.29. The van der Waals surface area contributed by atoms with E-state index in [0.717, 1.165) is 16.6 Å². The number of aromatic nitrogens is 6. The summed E-state index contributed by atoms with van der Waals surface area (Å²) in [6.45, 7) is 1.40. The molecule has 4 rings (SSSR count). The average Bonchev–Trinajstić information content (AvgIpc) is 2.93. The van der Waals surface area contributed by atoms with Gasteiger partial charge in [0.25, 0.3) is 0 Å². The van der Waals surface area contributed by atoms with Crippen molar-refractivity contribution in [2.24, 2.45) is 0 Å². The summed E-state index contributed by atoms with van der Waals surface area (Å²) in [6, 6.07) is 0.313. The molecule has 0 bridgehead atoms. The zero-order valence-electron chi connectivity index (χ0n) is 9.95. The highest BCUT2D eigenvalue weighted by atomic mass is 16.5. The molecule has 96 valence electrons. The van der Waals surface area contributed by atoms with Gasteiger partial charge in [-0.2, -0.15) is 10.2 Å². The Morgan fingerprint density at radius 1 is 1.37 bits per heavy atom. The lowest BCUT2D eigenvalue weighted by Gasteiger charge is -2.25. The molecule has 0 saturated carbocycles. The van der Waals surface area contributed by atoms with Crippen LogP contribution in [0.4, 0.5) is 5.82 Å². The summed E-state index contributed by atoms with van der Waals surface area (Å²) in [4.78, 5) is 8.10. The quantitative estimate of drug-likeness (QED) is 0.686. The summed E-state index contributed by atoms with van der Waals surface area (Å²) in [7, 11) is 0. The van der Waals surface area contributed by atoms with Crippen LogP contribution in [0.15, 0.2) is 18.7 Å². The SMILES string of the molecule is Nc1ncnc2[nH]nc(-c3cnn(C4COC4)c3)c12. The van der Waals surface area contributed by atoms with Crippen LogP contribution < -0.4 is 5.73 Å². The van der Waals surface area contributed by atoms with Gasteiger partial charge in [-0.3, -0.25) is 9.78 Å². The van der Waals surface area contributed by atoms with E-state index in [1.807, 2.05) is 10.9 Å². The number of nitrogens with two attached hydrogens (primary N) is 1. The van der Waals surface area contributed by atoms with Crippen LogP contribution in [-0.2, 0) is 4.74 Å². The Labute approximate surface area is 107 Å². The number of nitrogens with one attached hydrogen (secondary N) is 1. The standard InChI is InChI=1S/C11H11N7O/c12-10-8-9(16-17-11(8)14-5-13-10)6-1-15-18(2-6)7-3-19-4-7/h1-2,5,7H,3-4H2,(H3,12,13,14,16,17). The molecular weight excluding hydrogens is 246 g/mol. The Balaban J connectivity index is 1.83. The number of hydrogen-bond donors (Lipinski definition) is 2. The second kappa shape index (κ2) is 3.75. The summed E-state index contributed by atoms with van der Waals surface area (Å²) < 4.78 is 7.04. The highest BCUT2D eigenvalue weighted by molar-refractivity contribution is 5.97. The molecule has 8 heteroatoms. The van der Waals surface area contributed by atoms with Crippen molar-refractivity contribution in [3.05, 3.63) is 18.7 Å². The fourth-order valence-corrected chi connectivity index (χ4v) is 2.13. The maximum atomic E-state index is 5.88. The van der Waals surface area contributed by atoms with Crippen molar-refractivity contribution in [3.8, 4) is 11.3 Å². The molecule has 0 amide bonds. The van der Waals surface area contributed by atoms with Crippen LogP contribution in [0.2, 0.25) is 0 Å². The number of rotatable bonds is 2. The molecule has 0 unspecified atom stereocenters. The number of anilines is 1. The Morgan fingerprint density at radius 3 is 3.05 bits per heavy atom. The van der Waals surface area contributed by atoms with E-state index in [2.05, 4.69) is 25.3 Å². The lowest BCUT2D eigenvalue weighted by atomic mass is 10.2. The molecular formula is C11H11N7O. The van der Waals surface area contributed by atoms with Crippen molar-refractivity contribution < 1.29 is 4.74 Å². The summed E-state index contributed by atoms with van der Waals surface area (Å²) in [5.41, 5.74) is 8.12. The van der Waals surface area contributed by atoms with Crippen LogP contribution in [0.25, 0.3) is 22.3 Å². The Hall–Kier alpha value is -2.48. The molecule has 1 aliphatic rings. The predicted molar refractivity (Wildman–Crippen MR) is 67.2 cm³/mol. The minimum absolute atomic E-state index is 0.313. The molecule has 1 fully saturated rings. The van der Waals surface area contributed by atoms with Gasteiger partial charge >= 0.3 is 0 Å². The molecule has 0 atom stereocenters. The van der Waals surface area contributed by atoms with Crippen molar-refractivity contribution in [2.75, 3.05) is 18.9 Å². The molecule has 0 spiro atoms. The molecule has 3 aromatic heterocycles. The maximum absolute atomic E-state index is 5.88. The first-order chi connectivity index (χ1) is 9.33. The molecule has 0 radical (unpaired) electrons. The number of aromatic amines is 1. The second-order valence-electron chi connectivity index (χ2n) is 4.46. The van der Waals surface area contributed by atoms with Crippen LogP contribution in [-0.4, -0.2) is 43.2 Å². The number of hydrogen-bond acceptors (Lipinski definition) is 6. The van der Waals surface area contributed by atoms with Gasteiger partial charge in [0, 0.05) is 11.8 Å². The van der Waals surface area contributed by atoms with Crippen LogP contribution in [0.3, 0.4) is 0 Å². The van der Waals surface area contributed by atoms with Crippen LogP contribution in [0.5, 0.6) is 0 Å². The van der Waals surface area contributed by atoms with E-state index in [4.69, 9.17) is 10.5 Å². The molecule has 3 N–H and O–H groups in total. The molecule has 8 nitrogen and oxygen atoms in total. The lowest BCUT2D eigenvalue weighted by Crippen LogP contribution is -2.30. The van der Waals surface area contributed by atoms with E-state index in [1.165, 1.54) is 6.33 Å². The fourth-order valence-electron chi connectivity index (χ4n) is 2.13. The normalized spacial score (nSPS) is 15.8. The third kappa shape index (κ3) is 1.50. The van der Waals surface area contributed by atoms with Crippen LogP contribution in [0.1, 0.15) is 6.04 Å². The van der Waals surface area contributed by atoms with Gasteiger partial charge in [0.1, 0.15) is 17.8 Å². The minimum Gasteiger partial charge on any atom is -0.383 e. The molecule has 1 saturated heterocycles. The summed E-state index contributed by atoms with van der Waals surface area (Å²) >= 11 is 0. The van der Waals surface area contributed by atoms with Gasteiger partial charge in [-0.15, -0.1) is 0 Å². The first-order valence-electron chi connectivity index (χ1n) is 5.90. The highest BCUT2D eigenvalue weighted by Gasteiger charge is 2.22.